The summed E-state index contributed by atoms with van der Waals surface area (Å²) in [5.41, 5.74) is 1.32. The minimum atomic E-state index is 1.25. The lowest BCUT2D eigenvalue weighted by atomic mass is 10.1. The van der Waals surface area contributed by atoms with Crippen LogP contribution in [0.1, 0.15) is 31.7 Å². The van der Waals surface area contributed by atoms with Crippen LogP contribution in [0.4, 0.5) is 0 Å². The number of aryl methyl sites for hydroxylation is 1. The minimum Gasteiger partial charge on any atom is -0.304 e. The van der Waals surface area contributed by atoms with E-state index in [1.165, 1.54) is 44.5 Å². The van der Waals surface area contributed by atoms with Crippen molar-refractivity contribution in [3.63, 3.8) is 0 Å². The van der Waals surface area contributed by atoms with Gasteiger partial charge >= 0.3 is 0 Å². The molecule has 1 heteroatoms. The molecule has 1 aliphatic rings. The van der Waals surface area contributed by atoms with Gasteiger partial charge in [-0.3, -0.25) is 0 Å². The Morgan fingerprint density at radius 1 is 1.00 bits per heavy atom. The van der Waals surface area contributed by atoms with Crippen molar-refractivity contribution in [2.75, 3.05) is 19.6 Å². The van der Waals surface area contributed by atoms with E-state index in [0.717, 1.165) is 0 Å². The molecule has 2 rings (SSSR count). The van der Waals surface area contributed by atoms with Crippen LogP contribution in [0.25, 0.3) is 0 Å². The molecule has 1 aromatic rings. The average Bonchev–Trinajstić information content (AvgIpc) is 2.32. The molecule has 0 atom stereocenters. The van der Waals surface area contributed by atoms with Crippen molar-refractivity contribution >= 4 is 0 Å². The largest absolute Gasteiger partial charge is 0.304 e. The number of benzene rings is 1. The summed E-state index contributed by atoms with van der Waals surface area (Å²) in [5, 5.41) is 0. The summed E-state index contributed by atoms with van der Waals surface area (Å²) >= 11 is 0. The van der Waals surface area contributed by atoms with Crippen LogP contribution in [0.2, 0.25) is 0 Å². The number of rotatable bonds is 1. The first-order chi connectivity index (χ1) is 7.33. The Morgan fingerprint density at radius 3 is 1.93 bits per heavy atom. The van der Waals surface area contributed by atoms with Crippen LogP contribution in [-0.4, -0.2) is 24.5 Å². The summed E-state index contributed by atoms with van der Waals surface area (Å²) in [6.45, 7) is 8.26. The van der Waals surface area contributed by atoms with Crippen molar-refractivity contribution in [1.82, 2.24) is 4.90 Å². The Hall–Kier alpha value is -0.820. The predicted octanol–water partition coefficient (Wildman–Crippen LogP) is 3.49. The van der Waals surface area contributed by atoms with Crippen molar-refractivity contribution in [3.8, 4) is 0 Å². The van der Waals surface area contributed by atoms with E-state index in [0.29, 0.717) is 0 Å². The third-order valence-electron chi connectivity index (χ3n) is 2.84. The molecule has 0 saturated carbocycles. The molecule has 0 aromatic heterocycles. The zero-order valence-corrected chi connectivity index (χ0v) is 10.1. The molecule has 0 spiro atoms. The highest BCUT2D eigenvalue weighted by Gasteiger charge is 2.05. The van der Waals surface area contributed by atoms with Gasteiger partial charge in [0, 0.05) is 0 Å². The maximum atomic E-state index is 2.52. The second kappa shape index (κ2) is 7.47. The average molecular weight is 205 g/mol. The van der Waals surface area contributed by atoms with Crippen molar-refractivity contribution in [2.24, 2.45) is 0 Å². The molecule has 0 amide bonds. The highest BCUT2D eigenvalue weighted by molar-refractivity contribution is 5.11. The van der Waals surface area contributed by atoms with Gasteiger partial charge in [0.2, 0.25) is 0 Å². The van der Waals surface area contributed by atoms with Gasteiger partial charge in [-0.05, 0) is 39.4 Å². The van der Waals surface area contributed by atoms with E-state index in [4.69, 9.17) is 0 Å². The lowest BCUT2D eigenvalue weighted by molar-refractivity contribution is 0.240. The maximum Gasteiger partial charge on any atom is -0.00188 e. The van der Waals surface area contributed by atoms with E-state index in [9.17, 15) is 0 Å². The number of likely N-dealkylation sites (tertiary alicyclic amines) is 1. The van der Waals surface area contributed by atoms with Crippen LogP contribution in [0.15, 0.2) is 30.3 Å². The topological polar surface area (TPSA) is 3.24 Å². The summed E-state index contributed by atoms with van der Waals surface area (Å²) in [6.07, 6.45) is 4.30. The lowest BCUT2D eigenvalue weighted by Gasteiger charge is -2.24. The number of hydrogen-bond acceptors (Lipinski definition) is 1. The van der Waals surface area contributed by atoms with E-state index >= 15 is 0 Å². The van der Waals surface area contributed by atoms with E-state index < -0.39 is 0 Å². The Labute approximate surface area is 94.1 Å². The molecule has 1 aromatic carbocycles. The first kappa shape index (κ1) is 12.3. The molecular weight excluding hydrogens is 182 g/mol. The highest BCUT2D eigenvalue weighted by Crippen LogP contribution is 2.06. The molecule has 0 N–H and O–H groups in total. The molecular formula is C14H23N. The molecule has 0 aliphatic carbocycles. The summed E-state index contributed by atoms with van der Waals surface area (Å²) in [5.74, 6) is 0. The maximum absolute atomic E-state index is 2.52. The van der Waals surface area contributed by atoms with Gasteiger partial charge in [0.25, 0.3) is 0 Å². The highest BCUT2D eigenvalue weighted by atomic mass is 15.1. The van der Waals surface area contributed by atoms with Crippen LogP contribution in [0, 0.1) is 6.92 Å². The van der Waals surface area contributed by atoms with Crippen LogP contribution >= 0.6 is 0 Å². The second-order valence-corrected chi connectivity index (χ2v) is 4.15. The molecule has 0 radical (unpaired) electrons. The third-order valence-corrected chi connectivity index (χ3v) is 2.84. The van der Waals surface area contributed by atoms with Gasteiger partial charge in [-0.1, -0.05) is 49.2 Å². The quantitative estimate of drug-likeness (QED) is 0.678. The molecule has 1 aliphatic heterocycles. The fraction of sp³-hybridized carbons (Fsp3) is 0.571. The van der Waals surface area contributed by atoms with Crippen LogP contribution in [-0.2, 0) is 0 Å². The van der Waals surface area contributed by atoms with Gasteiger partial charge in [0.15, 0.2) is 0 Å². The first-order valence-corrected chi connectivity index (χ1v) is 6.07. The monoisotopic (exact) mass is 205 g/mol. The molecule has 1 nitrogen and oxygen atoms in total. The lowest BCUT2D eigenvalue weighted by Crippen LogP contribution is -2.29. The molecule has 0 unspecified atom stereocenters. The zero-order valence-electron chi connectivity index (χ0n) is 10.1. The van der Waals surface area contributed by atoms with E-state index in [-0.39, 0.29) is 0 Å². The molecule has 1 fully saturated rings. The Balaban J connectivity index is 0.000000151. The molecule has 1 heterocycles. The molecule has 15 heavy (non-hydrogen) atoms. The smallest absolute Gasteiger partial charge is 0.00188 e. The van der Waals surface area contributed by atoms with Crippen LogP contribution in [0.3, 0.4) is 0 Å². The first-order valence-electron chi connectivity index (χ1n) is 6.07. The van der Waals surface area contributed by atoms with Gasteiger partial charge in [-0.2, -0.15) is 0 Å². The molecule has 1 saturated heterocycles. The molecule has 84 valence electrons. The van der Waals surface area contributed by atoms with Crippen LogP contribution in [0.5, 0.6) is 0 Å². The summed E-state index contributed by atoms with van der Waals surface area (Å²) in [6, 6.07) is 10.3. The Bertz CT molecular complexity index is 237. The fourth-order valence-corrected chi connectivity index (χ4v) is 1.81. The minimum absolute atomic E-state index is 1.25. The molecule has 0 bridgehead atoms. The van der Waals surface area contributed by atoms with Gasteiger partial charge in [-0.25, -0.2) is 0 Å². The number of hydrogen-bond donors (Lipinski definition) is 0. The van der Waals surface area contributed by atoms with Gasteiger partial charge < -0.3 is 4.90 Å². The van der Waals surface area contributed by atoms with Crippen LogP contribution < -0.4 is 0 Å². The van der Waals surface area contributed by atoms with E-state index in [2.05, 4.69) is 30.9 Å². The Morgan fingerprint density at radius 2 is 1.60 bits per heavy atom. The van der Waals surface area contributed by atoms with Crippen molar-refractivity contribution < 1.29 is 0 Å². The van der Waals surface area contributed by atoms with E-state index in [1.807, 2.05) is 18.2 Å². The Kier molecular flexibility index (Phi) is 6.10. The second-order valence-electron chi connectivity index (χ2n) is 4.15. The standard InChI is InChI=1S/C7H15N.C7H8/c1-2-8-6-4-3-5-7-8;1-7-5-3-2-4-6-7/h2-7H2,1H3;2-6H,1H3. The van der Waals surface area contributed by atoms with Gasteiger partial charge in [0.05, 0.1) is 0 Å². The predicted molar refractivity (Wildman–Crippen MR) is 67.1 cm³/mol. The summed E-state index contributed by atoms with van der Waals surface area (Å²) in [4.78, 5) is 2.52. The SMILES string of the molecule is CCN1CCCCC1.Cc1ccccc1. The normalized spacial score (nSPS) is 16.7. The van der Waals surface area contributed by atoms with Gasteiger partial charge in [0.1, 0.15) is 0 Å². The van der Waals surface area contributed by atoms with E-state index in [1.54, 1.807) is 0 Å². The summed E-state index contributed by atoms with van der Waals surface area (Å²) < 4.78 is 0. The summed E-state index contributed by atoms with van der Waals surface area (Å²) in [7, 11) is 0. The van der Waals surface area contributed by atoms with Crippen molar-refractivity contribution in [2.45, 2.75) is 33.1 Å². The van der Waals surface area contributed by atoms with Crippen molar-refractivity contribution in [3.05, 3.63) is 35.9 Å². The number of nitrogens with zero attached hydrogens (tertiary/aromatic N) is 1. The van der Waals surface area contributed by atoms with Crippen molar-refractivity contribution in [1.29, 1.82) is 0 Å². The third kappa shape index (κ3) is 5.58. The van der Waals surface area contributed by atoms with Gasteiger partial charge in [-0.15, -0.1) is 0 Å². The fourth-order valence-electron chi connectivity index (χ4n) is 1.81. The zero-order chi connectivity index (χ0) is 10.9. The number of piperidine rings is 1.